The Morgan fingerprint density at radius 1 is 1.38 bits per heavy atom. The minimum Gasteiger partial charge on any atom is -0.462 e. The molecule has 92 valence electrons. The van der Waals surface area contributed by atoms with Gasteiger partial charge in [0.25, 0.3) is 0 Å². The van der Waals surface area contributed by atoms with Crippen molar-refractivity contribution in [2.24, 2.45) is 0 Å². The van der Waals surface area contributed by atoms with Gasteiger partial charge in [0.2, 0.25) is 0 Å². The number of hydrogen-bond donors (Lipinski definition) is 1. The summed E-state index contributed by atoms with van der Waals surface area (Å²) in [5.41, 5.74) is -0.684. The summed E-state index contributed by atoms with van der Waals surface area (Å²) >= 11 is 0. The molecule has 1 aromatic rings. The molecule has 0 fully saturated rings. The highest BCUT2D eigenvalue weighted by Gasteiger charge is 2.16. The first-order chi connectivity index (χ1) is 7.40. The Morgan fingerprint density at radius 3 is 2.56 bits per heavy atom. The van der Waals surface area contributed by atoms with E-state index in [2.05, 4.69) is 0 Å². The molecule has 0 spiro atoms. The van der Waals surface area contributed by atoms with E-state index in [4.69, 9.17) is 9.15 Å². The first kappa shape index (κ1) is 13.2. The van der Waals surface area contributed by atoms with E-state index in [1.54, 1.807) is 21.0 Å². The van der Waals surface area contributed by atoms with Crippen molar-refractivity contribution in [1.82, 2.24) is 4.90 Å². The molecule has 4 nitrogen and oxygen atoms in total. The Hall–Kier alpha value is -0.840. The maximum atomic E-state index is 9.66. The van der Waals surface area contributed by atoms with Crippen LogP contribution in [0.3, 0.4) is 0 Å². The molecule has 1 heterocycles. The smallest absolute Gasteiger partial charge is 0.129 e. The molecule has 0 radical (unpaired) electrons. The van der Waals surface area contributed by atoms with E-state index in [0.29, 0.717) is 19.7 Å². The topological polar surface area (TPSA) is 45.8 Å². The molecule has 0 aromatic carbocycles. The lowest BCUT2D eigenvalue weighted by Crippen LogP contribution is -2.35. The third-order valence-electron chi connectivity index (χ3n) is 2.09. The van der Waals surface area contributed by atoms with Crippen LogP contribution in [0, 0.1) is 0 Å². The van der Waals surface area contributed by atoms with E-state index in [1.165, 1.54) is 0 Å². The largest absolute Gasteiger partial charge is 0.462 e. The van der Waals surface area contributed by atoms with E-state index in [1.807, 2.05) is 24.1 Å². The summed E-state index contributed by atoms with van der Waals surface area (Å²) in [4.78, 5) is 2.02. The SMILES string of the molecule is COCc1ccc(CN(C)CC(C)(C)O)o1. The molecule has 0 bridgehead atoms. The van der Waals surface area contributed by atoms with Crippen molar-refractivity contribution in [3.05, 3.63) is 23.7 Å². The van der Waals surface area contributed by atoms with Gasteiger partial charge in [0.1, 0.15) is 18.1 Å². The summed E-state index contributed by atoms with van der Waals surface area (Å²) < 4.78 is 10.5. The third kappa shape index (κ3) is 4.79. The molecule has 0 atom stereocenters. The quantitative estimate of drug-likeness (QED) is 0.802. The summed E-state index contributed by atoms with van der Waals surface area (Å²) in [5, 5.41) is 9.66. The van der Waals surface area contributed by atoms with Gasteiger partial charge in [-0.2, -0.15) is 0 Å². The Balaban J connectivity index is 2.46. The van der Waals surface area contributed by atoms with Crippen LogP contribution in [0.4, 0.5) is 0 Å². The molecule has 16 heavy (non-hydrogen) atoms. The highest BCUT2D eigenvalue weighted by Crippen LogP contribution is 2.12. The Labute approximate surface area is 96.8 Å². The van der Waals surface area contributed by atoms with Crippen molar-refractivity contribution in [2.45, 2.75) is 32.6 Å². The summed E-state index contributed by atoms with van der Waals surface area (Å²) in [6.45, 7) is 5.38. The number of hydrogen-bond acceptors (Lipinski definition) is 4. The van der Waals surface area contributed by atoms with Gasteiger partial charge in [-0.05, 0) is 33.0 Å². The standard InChI is InChI=1S/C12H21NO3/c1-12(2,14)9-13(3)7-10-5-6-11(16-10)8-15-4/h5-6,14H,7-9H2,1-4H3. The minimum absolute atomic E-state index is 0.495. The minimum atomic E-state index is -0.684. The zero-order valence-electron chi connectivity index (χ0n) is 10.5. The normalized spacial score (nSPS) is 12.4. The van der Waals surface area contributed by atoms with Crippen LogP contribution >= 0.6 is 0 Å². The fourth-order valence-electron chi connectivity index (χ4n) is 1.71. The van der Waals surface area contributed by atoms with Crippen molar-refractivity contribution in [1.29, 1.82) is 0 Å². The molecular weight excluding hydrogens is 206 g/mol. The lowest BCUT2D eigenvalue weighted by Gasteiger charge is -2.24. The first-order valence-corrected chi connectivity index (χ1v) is 5.38. The van der Waals surface area contributed by atoms with Gasteiger partial charge in [-0.15, -0.1) is 0 Å². The molecule has 0 saturated heterocycles. The predicted octanol–water partition coefficient (Wildman–Crippen LogP) is 1.63. The van der Waals surface area contributed by atoms with Crippen LogP contribution in [0.2, 0.25) is 0 Å². The van der Waals surface area contributed by atoms with Gasteiger partial charge in [0.05, 0.1) is 12.1 Å². The molecule has 0 saturated carbocycles. The van der Waals surface area contributed by atoms with Crippen LogP contribution in [-0.2, 0) is 17.9 Å². The van der Waals surface area contributed by atoms with E-state index in [-0.39, 0.29) is 0 Å². The lowest BCUT2D eigenvalue weighted by molar-refractivity contribution is 0.0404. The number of nitrogens with zero attached hydrogens (tertiary/aromatic N) is 1. The highest BCUT2D eigenvalue weighted by atomic mass is 16.5. The van der Waals surface area contributed by atoms with Crippen molar-refractivity contribution >= 4 is 0 Å². The summed E-state index contributed by atoms with van der Waals surface area (Å²) in [7, 11) is 3.60. The van der Waals surface area contributed by atoms with Crippen LogP contribution in [0.15, 0.2) is 16.5 Å². The zero-order chi connectivity index (χ0) is 12.2. The molecule has 1 N–H and O–H groups in total. The van der Waals surface area contributed by atoms with Crippen LogP contribution < -0.4 is 0 Å². The molecule has 0 aliphatic carbocycles. The van der Waals surface area contributed by atoms with Gasteiger partial charge in [0, 0.05) is 13.7 Å². The molecular formula is C12H21NO3. The maximum Gasteiger partial charge on any atom is 0.129 e. The zero-order valence-corrected chi connectivity index (χ0v) is 10.5. The first-order valence-electron chi connectivity index (χ1n) is 5.38. The van der Waals surface area contributed by atoms with Crippen LogP contribution in [0.5, 0.6) is 0 Å². The van der Waals surface area contributed by atoms with E-state index < -0.39 is 5.60 Å². The summed E-state index contributed by atoms with van der Waals surface area (Å²) in [5.74, 6) is 1.72. The molecule has 0 amide bonds. The maximum absolute atomic E-state index is 9.66. The Bertz CT molecular complexity index is 314. The summed E-state index contributed by atoms with van der Waals surface area (Å²) in [6, 6.07) is 3.85. The average molecular weight is 227 g/mol. The van der Waals surface area contributed by atoms with Crippen LogP contribution in [0.25, 0.3) is 0 Å². The second-order valence-electron chi connectivity index (χ2n) is 4.79. The van der Waals surface area contributed by atoms with E-state index >= 15 is 0 Å². The van der Waals surface area contributed by atoms with Crippen molar-refractivity contribution in [3.8, 4) is 0 Å². The Morgan fingerprint density at radius 2 is 2.00 bits per heavy atom. The number of methoxy groups -OCH3 is 1. The lowest BCUT2D eigenvalue weighted by atomic mass is 10.1. The molecule has 0 aliphatic rings. The van der Waals surface area contributed by atoms with Gasteiger partial charge >= 0.3 is 0 Å². The third-order valence-corrected chi connectivity index (χ3v) is 2.09. The average Bonchev–Trinajstić information content (AvgIpc) is 2.49. The van der Waals surface area contributed by atoms with Gasteiger partial charge in [-0.3, -0.25) is 4.90 Å². The fourth-order valence-corrected chi connectivity index (χ4v) is 1.71. The van der Waals surface area contributed by atoms with Crippen molar-refractivity contribution < 1.29 is 14.3 Å². The molecule has 1 rings (SSSR count). The van der Waals surface area contributed by atoms with Gasteiger partial charge in [-0.25, -0.2) is 0 Å². The number of furan rings is 1. The number of ether oxygens (including phenoxy) is 1. The molecule has 0 unspecified atom stereocenters. The van der Waals surface area contributed by atoms with Gasteiger partial charge < -0.3 is 14.3 Å². The second-order valence-corrected chi connectivity index (χ2v) is 4.79. The second kappa shape index (κ2) is 5.48. The number of aliphatic hydroxyl groups is 1. The fraction of sp³-hybridized carbons (Fsp3) is 0.667. The molecule has 1 aromatic heterocycles. The number of rotatable bonds is 6. The summed E-state index contributed by atoms with van der Waals surface area (Å²) in [6.07, 6.45) is 0. The van der Waals surface area contributed by atoms with Crippen molar-refractivity contribution in [3.63, 3.8) is 0 Å². The van der Waals surface area contributed by atoms with Crippen LogP contribution in [-0.4, -0.2) is 36.3 Å². The predicted molar refractivity (Wildman–Crippen MR) is 62.1 cm³/mol. The van der Waals surface area contributed by atoms with Gasteiger partial charge in [0.15, 0.2) is 0 Å². The van der Waals surface area contributed by atoms with E-state index in [0.717, 1.165) is 11.5 Å². The van der Waals surface area contributed by atoms with Crippen LogP contribution in [0.1, 0.15) is 25.4 Å². The van der Waals surface area contributed by atoms with Gasteiger partial charge in [-0.1, -0.05) is 0 Å². The monoisotopic (exact) mass is 227 g/mol. The molecule has 4 heteroatoms. The van der Waals surface area contributed by atoms with Crippen molar-refractivity contribution in [2.75, 3.05) is 20.7 Å². The Kier molecular flexibility index (Phi) is 4.53. The number of likely N-dealkylation sites (N-methyl/N-ethyl adjacent to an activating group) is 1. The molecule has 0 aliphatic heterocycles. The highest BCUT2D eigenvalue weighted by molar-refractivity contribution is 5.06. The van der Waals surface area contributed by atoms with E-state index in [9.17, 15) is 5.11 Å².